The van der Waals surface area contributed by atoms with E-state index in [9.17, 15) is 5.11 Å². The van der Waals surface area contributed by atoms with Crippen LogP contribution in [0.1, 0.15) is 42.5 Å². The van der Waals surface area contributed by atoms with Crippen LogP contribution in [-0.4, -0.2) is 49.9 Å². The number of phenols is 1. The summed E-state index contributed by atoms with van der Waals surface area (Å²) in [5.41, 5.74) is 5.35. The van der Waals surface area contributed by atoms with E-state index in [2.05, 4.69) is 66.5 Å². The Morgan fingerprint density at radius 3 is 2.36 bits per heavy atom. The summed E-state index contributed by atoms with van der Waals surface area (Å²) in [5.74, 6) is 2.82. The smallest absolute Gasteiger partial charge is 0.158 e. The highest BCUT2D eigenvalue weighted by molar-refractivity contribution is 5.38. The molecule has 0 bridgehead atoms. The number of fused-ring (bicyclic) bond motifs is 1. The first-order chi connectivity index (χ1) is 17.6. The largest absolute Gasteiger partial charge is 0.508 e. The number of rotatable bonds is 11. The van der Waals surface area contributed by atoms with Crippen LogP contribution in [0.15, 0.2) is 66.1 Å². The highest BCUT2D eigenvalue weighted by atomic mass is 16.5. The molecule has 2 aromatic rings. The summed E-state index contributed by atoms with van der Waals surface area (Å²) in [6.45, 7) is 8.26. The van der Waals surface area contributed by atoms with E-state index < -0.39 is 0 Å². The van der Waals surface area contributed by atoms with Gasteiger partial charge >= 0.3 is 0 Å². The minimum absolute atomic E-state index is 0.223. The molecule has 5 nitrogen and oxygen atoms in total. The Kier molecular flexibility index (Phi) is 9.11. The van der Waals surface area contributed by atoms with Crippen LogP contribution in [0.5, 0.6) is 5.75 Å². The fraction of sp³-hybridized carbons (Fsp3) is 0.484. The second kappa shape index (κ2) is 12.5. The fourth-order valence-electron chi connectivity index (χ4n) is 5.79. The zero-order chi connectivity index (χ0) is 25.5. The molecule has 2 aliphatic carbocycles. The van der Waals surface area contributed by atoms with E-state index in [1.165, 1.54) is 22.3 Å². The van der Waals surface area contributed by atoms with Gasteiger partial charge in [0.15, 0.2) is 11.5 Å². The number of aryl methyl sites for hydroxylation is 1. The summed E-state index contributed by atoms with van der Waals surface area (Å²) in [7, 11) is 3.45. The molecule has 2 unspecified atom stereocenters. The summed E-state index contributed by atoms with van der Waals surface area (Å²) in [4.78, 5) is 2.56. The Morgan fingerprint density at radius 1 is 0.944 bits per heavy atom. The lowest BCUT2D eigenvalue weighted by Crippen LogP contribution is -2.44. The van der Waals surface area contributed by atoms with Crippen molar-refractivity contribution in [2.24, 2.45) is 11.8 Å². The molecule has 0 spiro atoms. The monoisotopic (exact) mass is 490 g/mol. The molecule has 0 radical (unpaired) electrons. The number of hydrogen-bond acceptors (Lipinski definition) is 5. The number of likely N-dealkylation sites (N-methyl/N-ethyl adjacent to an activating group) is 2. The number of methoxy groups -OCH3 is 2. The van der Waals surface area contributed by atoms with Gasteiger partial charge in [-0.3, -0.25) is 4.90 Å². The van der Waals surface area contributed by atoms with Crippen molar-refractivity contribution in [1.82, 2.24) is 10.2 Å². The molecule has 194 valence electrons. The number of nitrogens with zero attached hydrogens (tertiary/aromatic N) is 1. The molecule has 4 rings (SSSR count). The summed E-state index contributed by atoms with van der Waals surface area (Å²) in [6.07, 6.45) is 8.73. The van der Waals surface area contributed by atoms with Crippen molar-refractivity contribution < 1.29 is 14.6 Å². The summed E-state index contributed by atoms with van der Waals surface area (Å²) >= 11 is 0. The normalized spacial score (nSPS) is 21.5. The minimum atomic E-state index is 0.223. The van der Waals surface area contributed by atoms with Crippen molar-refractivity contribution in [2.45, 2.75) is 52.1 Å². The first kappa shape index (κ1) is 26.3. The number of hydrogen-bond donors (Lipinski definition) is 2. The highest BCUT2D eigenvalue weighted by Gasteiger charge is 2.36. The molecule has 0 fully saturated rings. The zero-order valence-corrected chi connectivity index (χ0v) is 22.3. The lowest BCUT2D eigenvalue weighted by molar-refractivity contribution is 0.132. The SMILES string of the molecule is CCNCCc1ccc(CN(CC)C2C=C(OC)C(OC)=CC2[C@@H]2CCc3cc(O)ccc3C2)cc1. The standard InChI is InChI=1S/C31H42N2O3/c1-5-32-16-15-22-7-9-23(10-8-22)21-33(6-2)29-20-31(36-4)30(35-3)19-28(29)26-12-11-25-18-27(34)14-13-24(25)17-26/h7-10,13-14,18-20,26,28-29,32,34H,5-6,11-12,15-17,21H2,1-4H3/t26-,28?,29?/m1/s1. The Hall–Kier alpha value is -2.76. The predicted octanol–water partition coefficient (Wildman–Crippen LogP) is 5.23. The van der Waals surface area contributed by atoms with Crippen molar-refractivity contribution >= 4 is 0 Å². The lowest BCUT2D eigenvalue weighted by atomic mass is 9.72. The average Bonchev–Trinajstić information content (AvgIpc) is 2.91. The maximum atomic E-state index is 9.93. The van der Waals surface area contributed by atoms with Crippen LogP contribution in [0.4, 0.5) is 0 Å². The van der Waals surface area contributed by atoms with Gasteiger partial charge in [-0.15, -0.1) is 0 Å². The van der Waals surface area contributed by atoms with Gasteiger partial charge in [-0.1, -0.05) is 44.2 Å². The summed E-state index contributed by atoms with van der Waals surface area (Å²) < 4.78 is 11.5. The van der Waals surface area contributed by atoms with Crippen LogP contribution in [0.2, 0.25) is 0 Å². The second-order valence-electron chi connectivity index (χ2n) is 9.98. The second-order valence-corrected chi connectivity index (χ2v) is 9.98. The topological polar surface area (TPSA) is 54.0 Å². The van der Waals surface area contributed by atoms with E-state index in [4.69, 9.17) is 9.47 Å². The predicted molar refractivity (Wildman–Crippen MR) is 146 cm³/mol. The maximum Gasteiger partial charge on any atom is 0.158 e. The molecular weight excluding hydrogens is 448 g/mol. The third kappa shape index (κ3) is 6.13. The fourth-order valence-corrected chi connectivity index (χ4v) is 5.79. The van der Waals surface area contributed by atoms with Gasteiger partial charge in [-0.2, -0.15) is 0 Å². The number of phenolic OH excluding ortho intramolecular Hbond substituents is 1. The highest BCUT2D eigenvalue weighted by Crippen LogP contribution is 2.39. The van der Waals surface area contributed by atoms with E-state index in [1.807, 2.05) is 12.1 Å². The molecule has 0 saturated carbocycles. The minimum Gasteiger partial charge on any atom is -0.508 e. The van der Waals surface area contributed by atoms with Crippen molar-refractivity contribution in [1.29, 1.82) is 0 Å². The third-order valence-electron chi connectivity index (χ3n) is 7.82. The molecular formula is C31H42N2O3. The Labute approximate surface area is 216 Å². The molecule has 0 saturated heterocycles. The average molecular weight is 491 g/mol. The first-order valence-corrected chi connectivity index (χ1v) is 13.4. The van der Waals surface area contributed by atoms with Crippen LogP contribution >= 0.6 is 0 Å². The Bertz CT molecular complexity index is 1060. The van der Waals surface area contributed by atoms with Gasteiger partial charge in [-0.25, -0.2) is 0 Å². The van der Waals surface area contributed by atoms with Crippen LogP contribution < -0.4 is 5.32 Å². The van der Waals surface area contributed by atoms with Gasteiger partial charge < -0.3 is 19.9 Å². The molecule has 36 heavy (non-hydrogen) atoms. The Balaban J connectivity index is 1.55. The van der Waals surface area contributed by atoms with E-state index in [-0.39, 0.29) is 6.04 Å². The van der Waals surface area contributed by atoms with Crippen LogP contribution in [0.3, 0.4) is 0 Å². The number of nitrogens with one attached hydrogen (secondary N) is 1. The zero-order valence-electron chi connectivity index (χ0n) is 22.3. The lowest BCUT2D eigenvalue weighted by Gasteiger charge is -2.41. The summed E-state index contributed by atoms with van der Waals surface area (Å²) in [5, 5.41) is 13.3. The number of benzene rings is 2. The van der Waals surface area contributed by atoms with Crippen LogP contribution in [0.25, 0.3) is 0 Å². The van der Waals surface area contributed by atoms with Gasteiger partial charge in [0.25, 0.3) is 0 Å². The third-order valence-corrected chi connectivity index (χ3v) is 7.82. The quantitative estimate of drug-likeness (QED) is 0.423. The van der Waals surface area contributed by atoms with Crippen LogP contribution in [0, 0.1) is 11.8 Å². The molecule has 0 heterocycles. The maximum absolute atomic E-state index is 9.93. The molecule has 2 N–H and O–H groups in total. The van der Waals surface area contributed by atoms with E-state index >= 15 is 0 Å². The van der Waals surface area contributed by atoms with Crippen LogP contribution in [-0.2, 0) is 35.3 Å². The molecule has 3 atom stereocenters. The van der Waals surface area contributed by atoms with Crippen molar-refractivity contribution in [2.75, 3.05) is 33.9 Å². The molecule has 0 amide bonds. The van der Waals surface area contributed by atoms with Crippen molar-refractivity contribution in [3.63, 3.8) is 0 Å². The number of ether oxygens (including phenoxy) is 2. The number of aromatic hydroxyl groups is 1. The van der Waals surface area contributed by atoms with E-state index in [0.717, 1.165) is 63.4 Å². The van der Waals surface area contributed by atoms with Gasteiger partial charge in [0.1, 0.15) is 5.75 Å². The first-order valence-electron chi connectivity index (χ1n) is 13.4. The van der Waals surface area contributed by atoms with Crippen molar-refractivity contribution in [3.8, 4) is 5.75 Å². The van der Waals surface area contributed by atoms with Gasteiger partial charge in [0.05, 0.1) is 14.2 Å². The van der Waals surface area contributed by atoms with Gasteiger partial charge in [0, 0.05) is 18.5 Å². The van der Waals surface area contributed by atoms with E-state index in [0.29, 0.717) is 17.6 Å². The molecule has 2 aromatic carbocycles. The van der Waals surface area contributed by atoms with Gasteiger partial charge in [0.2, 0.25) is 0 Å². The Morgan fingerprint density at radius 2 is 1.67 bits per heavy atom. The molecule has 0 aliphatic heterocycles. The molecule has 5 heteroatoms. The summed E-state index contributed by atoms with van der Waals surface area (Å²) in [6, 6.07) is 15.2. The molecule has 2 aliphatic rings. The van der Waals surface area contributed by atoms with Gasteiger partial charge in [-0.05, 0) is 97.8 Å². The van der Waals surface area contributed by atoms with Crippen molar-refractivity contribution in [3.05, 3.63) is 88.4 Å². The molecule has 0 aromatic heterocycles. The van der Waals surface area contributed by atoms with E-state index in [1.54, 1.807) is 14.2 Å².